The summed E-state index contributed by atoms with van der Waals surface area (Å²) in [5, 5.41) is 5.48. The molecule has 0 unspecified atom stereocenters. The molecule has 0 radical (unpaired) electrons. The van der Waals surface area contributed by atoms with Crippen LogP contribution >= 0.6 is 11.3 Å². The van der Waals surface area contributed by atoms with Crippen molar-refractivity contribution in [3.63, 3.8) is 0 Å². The van der Waals surface area contributed by atoms with Crippen molar-refractivity contribution < 1.29 is 14.3 Å². The second kappa shape index (κ2) is 10.1. The summed E-state index contributed by atoms with van der Waals surface area (Å²) in [5.41, 5.74) is 2.45. The van der Waals surface area contributed by atoms with Gasteiger partial charge in [-0.15, -0.1) is 11.3 Å². The third-order valence-electron chi connectivity index (χ3n) is 5.51. The molecular formula is C25H28N4O3S. The molecule has 1 aliphatic heterocycles. The number of amides is 2. The number of ether oxygens (including phenoxy) is 1. The van der Waals surface area contributed by atoms with Gasteiger partial charge in [0.1, 0.15) is 22.3 Å². The first-order valence-corrected chi connectivity index (χ1v) is 12.0. The highest BCUT2D eigenvalue weighted by Gasteiger charge is 2.29. The number of anilines is 1. The number of pyridine rings is 1. The van der Waals surface area contributed by atoms with Gasteiger partial charge in [0.05, 0.1) is 6.10 Å². The van der Waals surface area contributed by atoms with Crippen LogP contribution < -0.4 is 10.1 Å². The SMILES string of the molecule is Cc1ccc(NC(=O)C2CCN(C(=O)c3csc(-c4ccc(OC(C)C)cc4)n3)CC2)nc1. The molecule has 8 heteroatoms. The van der Waals surface area contributed by atoms with Crippen LogP contribution in [0.25, 0.3) is 10.6 Å². The molecule has 2 aromatic heterocycles. The van der Waals surface area contributed by atoms with Crippen molar-refractivity contribution in [2.24, 2.45) is 5.92 Å². The molecule has 7 nitrogen and oxygen atoms in total. The Morgan fingerprint density at radius 2 is 1.85 bits per heavy atom. The molecule has 0 atom stereocenters. The summed E-state index contributed by atoms with van der Waals surface area (Å²) in [6.07, 6.45) is 3.09. The fraction of sp³-hybridized carbons (Fsp3) is 0.360. The first-order valence-electron chi connectivity index (χ1n) is 11.1. The van der Waals surface area contributed by atoms with E-state index in [1.165, 1.54) is 11.3 Å². The number of rotatable bonds is 6. The number of thiazole rings is 1. The summed E-state index contributed by atoms with van der Waals surface area (Å²) in [6, 6.07) is 11.5. The van der Waals surface area contributed by atoms with Gasteiger partial charge in [0.25, 0.3) is 5.91 Å². The Labute approximate surface area is 197 Å². The van der Waals surface area contributed by atoms with Crippen LogP contribution in [0.15, 0.2) is 48.0 Å². The highest BCUT2D eigenvalue weighted by Crippen LogP contribution is 2.27. The summed E-state index contributed by atoms with van der Waals surface area (Å²) in [4.78, 5) is 36.1. The van der Waals surface area contributed by atoms with E-state index in [1.807, 2.05) is 51.1 Å². The van der Waals surface area contributed by atoms with E-state index in [4.69, 9.17) is 4.74 Å². The molecule has 0 spiro atoms. The number of piperidine rings is 1. The second-order valence-corrected chi connectivity index (χ2v) is 9.36. The van der Waals surface area contributed by atoms with Crippen molar-refractivity contribution in [3.8, 4) is 16.3 Å². The van der Waals surface area contributed by atoms with E-state index in [0.29, 0.717) is 37.4 Å². The minimum Gasteiger partial charge on any atom is -0.491 e. The van der Waals surface area contributed by atoms with E-state index >= 15 is 0 Å². The molecular weight excluding hydrogens is 436 g/mol. The number of aryl methyl sites for hydroxylation is 1. The third-order valence-corrected chi connectivity index (χ3v) is 6.40. The van der Waals surface area contributed by atoms with Crippen molar-refractivity contribution in [1.82, 2.24) is 14.9 Å². The van der Waals surface area contributed by atoms with E-state index < -0.39 is 0 Å². The average molecular weight is 465 g/mol. The summed E-state index contributed by atoms with van der Waals surface area (Å²) in [5.74, 6) is 1.11. The number of hydrogen-bond acceptors (Lipinski definition) is 6. The summed E-state index contributed by atoms with van der Waals surface area (Å²) in [6.45, 7) is 7.00. The van der Waals surface area contributed by atoms with Gasteiger partial charge in [-0.2, -0.15) is 0 Å². The normalized spacial score (nSPS) is 14.4. The minimum absolute atomic E-state index is 0.0423. The van der Waals surface area contributed by atoms with Gasteiger partial charge in [-0.1, -0.05) is 6.07 Å². The van der Waals surface area contributed by atoms with Gasteiger partial charge in [0.15, 0.2) is 0 Å². The lowest BCUT2D eigenvalue weighted by atomic mass is 9.95. The molecule has 33 heavy (non-hydrogen) atoms. The van der Waals surface area contributed by atoms with Gasteiger partial charge >= 0.3 is 0 Å². The van der Waals surface area contributed by atoms with Crippen molar-refractivity contribution in [2.75, 3.05) is 18.4 Å². The second-order valence-electron chi connectivity index (χ2n) is 8.51. The van der Waals surface area contributed by atoms with Crippen LogP contribution in [0.3, 0.4) is 0 Å². The van der Waals surface area contributed by atoms with Gasteiger partial charge in [0, 0.05) is 36.1 Å². The lowest BCUT2D eigenvalue weighted by Crippen LogP contribution is -2.41. The number of hydrogen-bond donors (Lipinski definition) is 1. The minimum atomic E-state index is -0.130. The van der Waals surface area contributed by atoms with Gasteiger partial charge in [-0.3, -0.25) is 9.59 Å². The lowest BCUT2D eigenvalue weighted by Gasteiger charge is -2.30. The molecule has 4 rings (SSSR count). The largest absolute Gasteiger partial charge is 0.491 e. The van der Waals surface area contributed by atoms with Crippen molar-refractivity contribution in [2.45, 2.75) is 39.7 Å². The zero-order valence-corrected chi connectivity index (χ0v) is 19.9. The van der Waals surface area contributed by atoms with Gasteiger partial charge in [0.2, 0.25) is 5.91 Å². The highest BCUT2D eigenvalue weighted by molar-refractivity contribution is 7.13. The summed E-state index contributed by atoms with van der Waals surface area (Å²) < 4.78 is 5.68. The van der Waals surface area contributed by atoms with Crippen LogP contribution in [0, 0.1) is 12.8 Å². The molecule has 1 aromatic carbocycles. The maximum atomic E-state index is 13.0. The molecule has 1 fully saturated rings. The quantitative estimate of drug-likeness (QED) is 0.567. The molecule has 0 aliphatic carbocycles. The van der Waals surface area contributed by atoms with E-state index in [0.717, 1.165) is 21.9 Å². The maximum Gasteiger partial charge on any atom is 0.273 e. The molecule has 2 amide bonds. The Bertz CT molecular complexity index is 1100. The van der Waals surface area contributed by atoms with Gasteiger partial charge in [-0.25, -0.2) is 9.97 Å². The number of aromatic nitrogens is 2. The molecule has 0 bridgehead atoms. The van der Waals surface area contributed by atoms with Crippen LogP contribution in [0.5, 0.6) is 5.75 Å². The molecule has 1 N–H and O–H groups in total. The highest BCUT2D eigenvalue weighted by atomic mass is 32.1. The fourth-order valence-corrected chi connectivity index (χ4v) is 4.53. The number of nitrogens with one attached hydrogen (secondary N) is 1. The van der Waals surface area contributed by atoms with Crippen LogP contribution in [-0.4, -0.2) is 45.9 Å². The average Bonchev–Trinajstić information content (AvgIpc) is 3.30. The first kappa shape index (κ1) is 22.9. The molecule has 3 aromatic rings. The number of carbonyl (C=O) groups excluding carboxylic acids is 2. The zero-order chi connectivity index (χ0) is 23.4. The predicted octanol–water partition coefficient (Wildman–Crippen LogP) is 4.79. The van der Waals surface area contributed by atoms with E-state index in [1.54, 1.807) is 22.5 Å². The smallest absolute Gasteiger partial charge is 0.273 e. The van der Waals surface area contributed by atoms with E-state index in [2.05, 4.69) is 15.3 Å². The van der Waals surface area contributed by atoms with Crippen LogP contribution in [0.2, 0.25) is 0 Å². The van der Waals surface area contributed by atoms with Gasteiger partial charge in [-0.05, 0) is 69.5 Å². The third kappa shape index (κ3) is 5.76. The number of nitrogens with zero attached hydrogens (tertiary/aromatic N) is 3. The molecule has 1 aliphatic rings. The monoisotopic (exact) mass is 464 g/mol. The molecule has 3 heterocycles. The predicted molar refractivity (Wildman–Crippen MR) is 130 cm³/mol. The van der Waals surface area contributed by atoms with E-state index in [9.17, 15) is 9.59 Å². The molecule has 0 saturated carbocycles. The fourth-order valence-electron chi connectivity index (χ4n) is 3.73. The van der Waals surface area contributed by atoms with Gasteiger partial charge < -0.3 is 15.0 Å². The number of benzene rings is 1. The van der Waals surface area contributed by atoms with E-state index in [-0.39, 0.29) is 23.8 Å². The summed E-state index contributed by atoms with van der Waals surface area (Å²) in [7, 11) is 0. The van der Waals surface area contributed by atoms with Crippen LogP contribution in [0.4, 0.5) is 5.82 Å². The maximum absolute atomic E-state index is 13.0. The van der Waals surface area contributed by atoms with Crippen LogP contribution in [-0.2, 0) is 4.79 Å². The lowest BCUT2D eigenvalue weighted by molar-refractivity contribution is -0.121. The Hall–Kier alpha value is -3.26. The summed E-state index contributed by atoms with van der Waals surface area (Å²) >= 11 is 1.45. The van der Waals surface area contributed by atoms with Crippen molar-refractivity contribution in [3.05, 3.63) is 59.2 Å². The number of carbonyl (C=O) groups is 2. The van der Waals surface area contributed by atoms with Crippen molar-refractivity contribution >= 4 is 29.0 Å². The Kier molecular flexibility index (Phi) is 7.03. The first-order chi connectivity index (χ1) is 15.9. The Morgan fingerprint density at radius 1 is 1.12 bits per heavy atom. The van der Waals surface area contributed by atoms with Crippen molar-refractivity contribution in [1.29, 1.82) is 0 Å². The Balaban J connectivity index is 1.32. The van der Waals surface area contributed by atoms with Crippen LogP contribution in [0.1, 0.15) is 42.7 Å². The molecule has 172 valence electrons. The standard InChI is InChI=1S/C25H28N4O3S/c1-16(2)32-20-7-5-19(6-8-20)24-27-21(15-33-24)25(31)29-12-10-18(11-13-29)23(30)28-22-9-4-17(3)14-26-22/h4-9,14-16,18H,10-13H2,1-3H3,(H,26,28,30). The molecule has 1 saturated heterocycles. The zero-order valence-electron chi connectivity index (χ0n) is 19.1. The topological polar surface area (TPSA) is 84.4 Å². The Morgan fingerprint density at radius 3 is 2.48 bits per heavy atom. The number of likely N-dealkylation sites (tertiary alicyclic amines) is 1.